The highest BCUT2D eigenvalue weighted by atomic mass is 19.1. The Kier molecular flexibility index (Phi) is 3.66. The summed E-state index contributed by atoms with van der Waals surface area (Å²) in [6.45, 7) is 3.87. The van der Waals surface area contributed by atoms with E-state index in [4.69, 9.17) is 5.73 Å². The van der Waals surface area contributed by atoms with Gasteiger partial charge in [-0.2, -0.15) is 0 Å². The van der Waals surface area contributed by atoms with Gasteiger partial charge in [0.25, 0.3) is 0 Å². The maximum Gasteiger partial charge on any atom is 0.195 e. The highest BCUT2D eigenvalue weighted by Crippen LogP contribution is 2.13. The number of hydrogen-bond acceptors (Lipinski definition) is 1. The van der Waals surface area contributed by atoms with E-state index in [2.05, 4.69) is 4.99 Å². The van der Waals surface area contributed by atoms with Gasteiger partial charge in [0.05, 0.1) is 0 Å². The van der Waals surface area contributed by atoms with Crippen LogP contribution >= 0.6 is 0 Å². The second kappa shape index (κ2) is 4.77. The standard InChI is InChI=1S/C11H16FN3/c1-8(2)14-11(13)15(3)10-6-4-5-9(12)7-10/h4-8H,1-3H3,(H2,13,14). The molecule has 0 aliphatic rings. The summed E-state index contributed by atoms with van der Waals surface area (Å²) in [4.78, 5) is 5.84. The summed E-state index contributed by atoms with van der Waals surface area (Å²) in [5.74, 6) is 0.104. The number of benzene rings is 1. The number of rotatable bonds is 2. The van der Waals surface area contributed by atoms with E-state index in [1.54, 1.807) is 24.1 Å². The quantitative estimate of drug-likeness (QED) is 0.597. The van der Waals surface area contributed by atoms with E-state index in [9.17, 15) is 4.39 Å². The van der Waals surface area contributed by atoms with E-state index < -0.39 is 0 Å². The van der Waals surface area contributed by atoms with Gasteiger partial charge < -0.3 is 10.6 Å². The number of nitrogens with zero attached hydrogens (tertiary/aromatic N) is 2. The Morgan fingerprint density at radius 2 is 2.13 bits per heavy atom. The Hall–Kier alpha value is -1.58. The van der Waals surface area contributed by atoms with Crippen molar-refractivity contribution in [1.82, 2.24) is 0 Å². The summed E-state index contributed by atoms with van der Waals surface area (Å²) in [6, 6.07) is 6.37. The molecule has 0 unspecified atom stereocenters. The molecule has 1 aromatic carbocycles. The first kappa shape index (κ1) is 11.5. The maximum absolute atomic E-state index is 12.9. The van der Waals surface area contributed by atoms with Crippen molar-refractivity contribution in [2.45, 2.75) is 19.9 Å². The van der Waals surface area contributed by atoms with Gasteiger partial charge in [0.15, 0.2) is 5.96 Å². The summed E-state index contributed by atoms with van der Waals surface area (Å²) < 4.78 is 12.9. The molecule has 15 heavy (non-hydrogen) atoms. The molecule has 0 saturated carbocycles. The number of guanidine groups is 1. The van der Waals surface area contributed by atoms with Gasteiger partial charge in [0.1, 0.15) is 5.82 Å². The monoisotopic (exact) mass is 209 g/mol. The first-order valence-corrected chi connectivity index (χ1v) is 4.83. The summed E-state index contributed by atoms with van der Waals surface area (Å²) in [7, 11) is 1.76. The van der Waals surface area contributed by atoms with Crippen LogP contribution in [0.4, 0.5) is 10.1 Å². The minimum atomic E-state index is -0.281. The Labute approximate surface area is 89.4 Å². The van der Waals surface area contributed by atoms with Crippen LogP contribution in [0.1, 0.15) is 13.8 Å². The molecule has 0 aromatic heterocycles. The smallest absolute Gasteiger partial charge is 0.195 e. The minimum absolute atomic E-state index is 0.126. The lowest BCUT2D eigenvalue weighted by atomic mass is 10.3. The normalized spacial score (nSPS) is 11.9. The highest BCUT2D eigenvalue weighted by molar-refractivity contribution is 5.94. The molecule has 0 amide bonds. The molecule has 0 saturated heterocycles. The van der Waals surface area contributed by atoms with Gasteiger partial charge in [-0.15, -0.1) is 0 Å². The van der Waals surface area contributed by atoms with Crippen molar-refractivity contribution in [2.24, 2.45) is 10.7 Å². The van der Waals surface area contributed by atoms with Crippen LogP contribution < -0.4 is 10.6 Å². The van der Waals surface area contributed by atoms with Gasteiger partial charge in [-0.1, -0.05) is 6.07 Å². The Bertz CT molecular complexity index is 361. The average Bonchev–Trinajstić information content (AvgIpc) is 2.15. The topological polar surface area (TPSA) is 41.6 Å². The van der Waals surface area contributed by atoms with Gasteiger partial charge >= 0.3 is 0 Å². The molecule has 2 N–H and O–H groups in total. The third kappa shape index (κ3) is 3.23. The van der Waals surface area contributed by atoms with E-state index in [-0.39, 0.29) is 11.9 Å². The molecule has 0 radical (unpaired) electrons. The fraction of sp³-hybridized carbons (Fsp3) is 0.364. The molecule has 0 aliphatic heterocycles. The Balaban J connectivity index is 2.89. The predicted molar refractivity (Wildman–Crippen MR) is 61.6 cm³/mol. The van der Waals surface area contributed by atoms with Crippen LogP contribution in [0.25, 0.3) is 0 Å². The van der Waals surface area contributed by atoms with Gasteiger partial charge in [0.2, 0.25) is 0 Å². The van der Waals surface area contributed by atoms with Gasteiger partial charge in [-0.05, 0) is 32.0 Å². The second-order valence-electron chi connectivity index (χ2n) is 3.62. The van der Waals surface area contributed by atoms with Crippen molar-refractivity contribution in [3.05, 3.63) is 30.1 Å². The highest BCUT2D eigenvalue weighted by Gasteiger charge is 2.05. The zero-order valence-electron chi connectivity index (χ0n) is 9.24. The summed E-state index contributed by atoms with van der Waals surface area (Å²) in [5, 5.41) is 0. The predicted octanol–water partition coefficient (Wildman–Crippen LogP) is 1.99. The fourth-order valence-corrected chi connectivity index (χ4v) is 1.17. The summed E-state index contributed by atoms with van der Waals surface area (Å²) in [6.07, 6.45) is 0. The van der Waals surface area contributed by atoms with Gasteiger partial charge in [-0.3, -0.25) is 4.99 Å². The second-order valence-corrected chi connectivity index (χ2v) is 3.62. The zero-order valence-corrected chi connectivity index (χ0v) is 9.24. The first-order chi connectivity index (χ1) is 7.00. The zero-order chi connectivity index (χ0) is 11.4. The lowest BCUT2D eigenvalue weighted by Gasteiger charge is -2.18. The summed E-state index contributed by atoms with van der Waals surface area (Å²) >= 11 is 0. The van der Waals surface area contributed by atoms with Gasteiger partial charge in [-0.25, -0.2) is 4.39 Å². The van der Waals surface area contributed by atoms with Crippen molar-refractivity contribution in [3.8, 4) is 0 Å². The molecular weight excluding hydrogens is 193 g/mol. The Morgan fingerprint density at radius 1 is 1.47 bits per heavy atom. The molecule has 0 spiro atoms. The largest absolute Gasteiger partial charge is 0.370 e. The van der Waals surface area contributed by atoms with Crippen LogP contribution in [0.2, 0.25) is 0 Å². The van der Waals surface area contributed by atoms with Crippen LogP contribution in [-0.4, -0.2) is 19.0 Å². The van der Waals surface area contributed by atoms with E-state index in [0.29, 0.717) is 11.6 Å². The minimum Gasteiger partial charge on any atom is -0.370 e. The molecule has 3 nitrogen and oxygen atoms in total. The lowest BCUT2D eigenvalue weighted by Crippen LogP contribution is -2.34. The molecule has 0 fully saturated rings. The van der Waals surface area contributed by atoms with Crippen molar-refractivity contribution in [2.75, 3.05) is 11.9 Å². The third-order valence-corrected chi connectivity index (χ3v) is 1.93. The van der Waals surface area contributed by atoms with E-state index in [0.717, 1.165) is 0 Å². The molecule has 1 rings (SSSR count). The van der Waals surface area contributed by atoms with Crippen molar-refractivity contribution in [1.29, 1.82) is 0 Å². The molecule has 82 valence electrons. The Morgan fingerprint density at radius 3 is 2.67 bits per heavy atom. The van der Waals surface area contributed by atoms with Crippen molar-refractivity contribution in [3.63, 3.8) is 0 Å². The average molecular weight is 209 g/mol. The molecule has 1 aromatic rings. The van der Waals surface area contributed by atoms with Crippen LogP contribution in [0.5, 0.6) is 0 Å². The van der Waals surface area contributed by atoms with E-state index >= 15 is 0 Å². The molecule has 4 heteroatoms. The first-order valence-electron chi connectivity index (χ1n) is 4.83. The molecule has 0 atom stereocenters. The summed E-state index contributed by atoms with van der Waals surface area (Å²) in [5.41, 5.74) is 6.45. The van der Waals surface area contributed by atoms with Crippen LogP contribution in [0, 0.1) is 5.82 Å². The van der Waals surface area contributed by atoms with Crippen LogP contribution in [-0.2, 0) is 0 Å². The fourth-order valence-electron chi connectivity index (χ4n) is 1.17. The molecule has 0 aliphatic carbocycles. The van der Waals surface area contributed by atoms with Crippen molar-refractivity contribution >= 4 is 11.6 Å². The van der Waals surface area contributed by atoms with E-state index in [1.165, 1.54) is 12.1 Å². The number of anilines is 1. The maximum atomic E-state index is 12.9. The van der Waals surface area contributed by atoms with E-state index in [1.807, 2.05) is 13.8 Å². The SMILES string of the molecule is CC(C)N=C(N)N(C)c1cccc(F)c1. The number of nitrogens with two attached hydrogens (primary N) is 1. The molecule has 0 bridgehead atoms. The molecule has 0 heterocycles. The van der Waals surface area contributed by atoms with Crippen LogP contribution in [0.15, 0.2) is 29.3 Å². The lowest BCUT2D eigenvalue weighted by molar-refractivity contribution is 0.628. The van der Waals surface area contributed by atoms with Crippen LogP contribution in [0.3, 0.4) is 0 Å². The number of hydrogen-bond donors (Lipinski definition) is 1. The number of aliphatic imine (C=N–C) groups is 1. The number of halogens is 1. The van der Waals surface area contributed by atoms with Crippen molar-refractivity contribution < 1.29 is 4.39 Å². The molecular formula is C11H16FN3. The van der Waals surface area contributed by atoms with Gasteiger partial charge in [0, 0.05) is 18.8 Å². The third-order valence-electron chi connectivity index (χ3n) is 1.93.